The Morgan fingerprint density at radius 1 is 1.15 bits per heavy atom. The number of benzene rings is 2. The molecule has 0 bridgehead atoms. The Kier molecular flexibility index (Phi) is 6.26. The molecule has 0 spiro atoms. The lowest BCUT2D eigenvalue weighted by Gasteiger charge is -2.10. The molecular weight excluding hydrogens is 340 g/mol. The molecule has 0 saturated carbocycles. The highest BCUT2D eigenvalue weighted by Crippen LogP contribution is 2.23. The average Bonchev–Trinajstić information content (AvgIpc) is 2.64. The minimum absolute atomic E-state index is 0.187. The van der Waals surface area contributed by atoms with Crippen molar-refractivity contribution in [3.8, 4) is 5.75 Å². The number of methoxy groups -OCH3 is 1. The van der Waals surface area contributed by atoms with Gasteiger partial charge < -0.3 is 14.8 Å². The van der Waals surface area contributed by atoms with E-state index in [9.17, 15) is 19.7 Å². The van der Waals surface area contributed by atoms with Crippen LogP contribution in [0.2, 0.25) is 0 Å². The van der Waals surface area contributed by atoms with Crippen LogP contribution in [0, 0.1) is 17.0 Å². The van der Waals surface area contributed by atoms with E-state index in [1.54, 1.807) is 24.3 Å². The van der Waals surface area contributed by atoms with Gasteiger partial charge in [0, 0.05) is 17.7 Å². The Hall–Kier alpha value is -3.42. The molecular formula is C18H18N2O6. The van der Waals surface area contributed by atoms with Gasteiger partial charge in [0.05, 0.1) is 12.0 Å². The van der Waals surface area contributed by atoms with E-state index in [1.807, 2.05) is 0 Å². The van der Waals surface area contributed by atoms with Crippen molar-refractivity contribution in [1.82, 2.24) is 5.32 Å². The van der Waals surface area contributed by atoms with Crippen LogP contribution < -0.4 is 10.1 Å². The van der Waals surface area contributed by atoms with Gasteiger partial charge in [0.1, 0.15) is 11.3 Å². The third-order valence-corrected chi connectivity index (χ3v) is 3.64. The van der Waals surface area contributed by atoms with E-state index < -0.39 is 23.4 Å². The van der Waals surface area contributed by atoms with Crippen molar-refractivity contribution >= 4 is 17.6 Å². The highest BCUT2D eigenvalue weighted by Gasteiger charge is 2.24. The van der Waals surface area contributed by atoms with Gasteiger partial charge in [0.15, 0.2) is 6.61 Å². The number of nitro groups is 1. The van der Waals surface area contributed by atoms with E-state index in [-0.39, 0.29) is 17.8 Å². The summed E-state index contributed by atoms with van der Waals surface area (Å²) in [5.74, 6) is -0.826. The van der Waals surface area contributed by atoms with Crippen molar-refractivity contribution < 1.29 is 24.0 Å². The van der Waals surface area contributed by atoms with Crippen LogP contribution in [0.25, 0.3) is 0 Å². The fraction of sp³-hybridized carbons (Fsp3) is 0.222. The zero-order valence-electron chi connectivity index (χ0n) is 14.4. The number of hydrogen-bond acceptors (Lipinski definition) is 6. The Labute approximate surface area is 149 Å². The van der Waals surface area contributed by atoms with Crippen molar-refractivity contribution in [3.63, 3.8) is 0 Å². The summed E-state index contributed by atoms with van der Waals surface area (Å²) >= 11 is 0. The van der Waals surface area contributed by atoms with Crippen molar-refractivity contribution in [3.05, 3.63) is 69.3 Å². The molecule has 2 aromatic rings. The van der Waals surface area contributed by atoms with Crippen molar-refractivity contribution in [2.45, 2.75) is 13.5 Å². The van der Waals surface area contributed by atoms with Gasteiger partial charge >= 0.3 is 5.97 Å². The Morgan fingerprint density at radius 3 is 2.58 bits per heavy atom. The van der Waals surface area contributed by atoms with Crippen LogP contribution >= 0.6 is 0 Å². The highest BCUT2D eigenvalue weighted by atomic mass is 16.6. The molecule has 26 heavy (non-hydrogen) atoms. The number of nitrogens with one attached hydrogen (secondary N) is 1. The number of carbonyl (C=O) groups is 2. The van der Waals surface area contributed by atoms with E-state index in [0.717, 1.165) is 5.56 Å². The zero-order chi connectivity index (χ0) is 19.1. The van der Waals surface area contributed by atoms with Crippen LogP contribution in [0.4, 0.5) is 5.69 Å². The largest absolute Gasteiger partial charge is 0.496 e. The van der Waals surface area contributed by atoms with E-state index in [4.69, 9.17) is 9.47 Å². The monoisotopic (exact) mass is 358 g/mol. The number of para-hydroxylation sites is 2. The first-order valence-corrected chi connectivity index (χ1v) is 7.73. The summed E-state index contributed by atoms with van der Waals surface area (Å²) in [6, 6.07) is 11.5. The lowest BCUT2D eigenvalue weighted by atomic mass is 10.1. The van der Waals surface area contributed by atoms with Gasteiger partial charge in [-0.05, 0) is 19.1 Å². The third-order valence-electron chi connectivity index (χ3n) is 3.64. The molecule has 0 radical (unpaired) electrons. The van der Waals surface area contributed by atoms with Crippen molar-refractivity contribution in [2.24, 2.45) is 0 Å². The number of amides is 1. The van der Waals surface area contributed by atoms with Gasteiger partial charge in [-0.15, -0.1) is 0 Å². The van der Waals surface area contributed by atoms with E-state index in [2.05, 4.69) is 5.32 Å². The molecule has 8 heteroatoms. The van der Waals surface area contributed by atoms with Gasteiger partial charge in [0.2, 0.25) is 0 Å². The zero-order valence-corrected chi connectivity index (χ0v) is 14.4. The molecule has 1 amide bonds. The second-order valence-electron chi connectivity index (χ2n) is 5.39. The summed E-state index contributed by atoms with van der Waals surface area (Å²) in [7, 11) is 1.52. The van der Waals surface area contributed by atoms with Gasteiger partial charge in [-0.25, -0.2) is 4.79 Å². The molecule has 0 aromatic heterocycles. The Morgan fingerprint density at radius 2 is 1.88 bits per heavy atom. The maximum Gasteiger partial charge on any atom is 0.345 e. The summed E-state index contributed by atoms with van der Waals surface area (Å²) in [6.07, 6.45) is 0. The summed E-state index contributed by atoms with van der Waals surface area (Å²) in [5, 5.41) is 13.7. The molecule has 0 aliphatic heterocycles. The molecule has 136 valence electrons. The smallest absolute Gasteiger partial charge is 0.345 e. The predicted octanol–water partition coefficient (Wildman–Crippen LogP) is 2.39. The van der Waals surface area contributed by atoms with Crippen LogP contribution in [0.1, 0.15) is 21.5 Å². The minimum atomic E-state index is -0.923. The summed E-state index contributed by atoms with van der Waals surface area (Å²) < 4.78 is 10.1. The number of carbonyl (C=O) groups excluding carboxylic acids is 2. The first kappa shape index (κ1) is 18.9. The molecule has 1 N–H and O–H groups in total. The van der Waals surface area contributed by atoms with Crippen LogP contribution in [0.3, 0.4) is 0 Å². The van der Waals surface area contributed by atoms with E-state index >= 15 is 0 Å². The molecule has 0 aliphatic rings. The number of esters is 1. The van der Waals surface area contributed by atoms with Crippen LogP contribution in [-0.4, -0.2) is 30.5 Å². The third kappa shape index (κ3) is 4.56. The molecule has 0 atom stereocenters. The van der Waals surface area contributed by atoms with E-state index in [1.165, 1.54) is 32.2 Å². The summed E-state index contributed by atoms with van der Waals surface area (Å²) in [6.45, 7) is 1.18. The molecule has 0 fully saturated rings. The first-order chi connectivity index (χ1) is 12.4. The first-order valence-electron chi connectivity index (χ1n) is 7.73. The molecule has 0 unspecified atom stereocenters. The molecule has 0 heterocycles. The molecule has 2 rings (SSSR count). The molecule has 8 nitrogen and oxygen atoms in total. The van der Waals surface area contributed by atoms with Crippen molar-refractivity contribution in [1.29, 1.82) is 0 Å². The lowest BCUT2D eigenvalue weighted by Crippen LogP contribution is -2.28. The normalized spacial score (nSPS) is 10.1. The van der Waals surface area contributed by atoms with Crippen LogP contribution in [-0.2, 0) is 16.1 Å². The molecule has 2 aromatic carbocycles. The van der Waals surface area contributed by atoms with Gasteiger partial charge in [-0.1, -0.05) is 30.3 Å². The van der Waals surface area contributed by atoms with Crippen LogP contribution in [0.15, 0.2) is 42.5 Å². The van der Waals surface area contributed by atoms with Gasteiger partial charge in [-0.3, -0.25) is 14.9 Å². The van der Waals surface area contributed by atoms with Crippen LogP contribution in [0.5, 0.6) is 5.75 Å². The number of nitro benzene ring substituents is 1. The molecule has 0 aliphatic carbocycles. The standard InChI is InChI=1S/C18H18N2O6/c1-12-6-5-8-14(17(12)20(23)24)18(22)26-11-16(21)19-10-13-7-3-4-9-15(13)25-2/h3-9H,10-11H2,1-2H3,(H,19,21). The lowest BCUT2D eigenvalue weighted by molar-refractivity contribution is -0.385. The number of nitrogens with zero attached hydrogens (tertiary/aromatic N) is 1. The fourth-order valence-corrected chi connectivity index (χ4v) is 2.37. The number of ether oxygens (including phenoxy) is 2. The number of aryl methyl sites for hydroxylation is 1. The topological polar surface area (TPSA) is 108 Å². The predicted molar refractivity (Wildman–Crippen MR) is 93.0 cm³/mol. The van der Waals surface area contributed by atoms with Crippen molar-refractivity contribution in [2.75, 3.05) is 13.7 Å². The second-order valence-corrected chi connectivity index (χ2v) is 5.39. The van der Waals surface area contributed by atoms with Gasteiger partial charge in [0.25, 0.3) is 11.6 Å². The maximum atomic E-state index is 12.1. The second kappa shape index (κ2) is 8.61. The Balaban J connectivity index is 1.95. The quantitative estimate of drug-likeness (QED) is 0.462. The summed E-state index contributed by atoms with van der Waals surface area (Å²) in [4.78, 5) is 34.4. The number of rotatable bonds is 7. The number of hydrogen-bond donors (Lipinski definition) is 1. The Bertz CT molecular complexity index is 834. The highest BCUT2D eigenvalue weighted by molar-refractivity contribution is 5.95. The minimum Gasteiger partial charge on any atom is -0.496 e. The summed E-state index contributed by atoms with van der Waals surface area (Å²) in [5.41, 5.74) is 0.591. The van der Waals surface area contributed by atoms with Gasteiger partial charge in [-0.2, -0.15) is 0 Å². The SMILES string of the molecule is COc1ccccc1CNC(=O)COC(=O)c1cccc(C)c1[N+](=O)[O-]. The average molecular weight is 358 g/mol. The maximum absolute atomic E-state index is 12.1. The molecule has 0 saturated heterocycles. The van der Waals surface area contributed by atoms with E-state index in [0.29, 0.717) is 11.3 Å². The fourth-order valence-electron chi connectivity index (χ4n) is 2.37.